The van der Waals surface area contributed by atoms with Crippen molar-refractivity contribution >= 4 is 29.1 Å². The van der Waals surface area contributed by atoms with Crippen LogP contribution in [0, 0.1) is 6.92 Å². The average molecular weight is 349 g/mol. The topological polar surface area (TPSA) is 75.2 Å². The number of benzene rings is 1. The summed E-state index contributed by atoms with van der Waals surface area (Å²) in [5, 5.41) is 15.1. The second-order valence-electron chi connectivity index (χ2n) is 5.63. The number of ether oxygens (including phenoxy) is 1. The monoisotopic (exact) mass is 348 g/mol. The van der Waals surface area contributed by atoms with Gasteiger partial charge in [-0.2, -0.15) is 10.1 Å². The minimum atomic E-state index is 0.506. The number of rotatable bonds is 6. The van der Waals surface area contributed by atoms with Gasteiger partial charge in [0.25, 0.3) is 0 Å². The van der Waals surface area contributed by atoms with Gasteiger partial charge >= 0.3 is 0 Å². The van der Waals surface area contributed by atoms with E-state index in [4.69, 9.17) is 16.3 Å². The third-order valence-electron chi connectivity index (χ3n) is 3.82. The normalized spacial score (nSPS) is 15.2. The van der Waals surface area contributed by atoms with Gasteiger partial charge in [0, 0.05) is 36.9 Å². The van der Waals surface area contributed by atoms with Crippen LogP contribution in [-0.2, 0) is 4.74 Å². The van der Waals surface area contributed by atoms with Crippen molar-refractivity contribution < 1.29 is 4.74 Å². The highest BCUT2D eigenvalue weighted by atomic mass is 35.5. The molecule has 2 N–H and O–H groups in total. The van der Waals surface area contributed by atoms with Crippen molar-refractivity contribution in [2.75, 3.05) is 50.0 Å². The number of morpholine rings is 1. The minimum Gasteiger partial charge on any atom is -0.379 e. The zero-order chi connectivity index (χ0) is 16.8. The van der Waals surface area contributed by atoms with E-state index >= 15 is 0 Å². The summed E-state index contributed by atoms with van der Waals surface area (Å²) in [5.74, 6) is 1.13. The molecule has 2 aromatic rings. The lowest BCUT2D eigenvalue weighted by Crippen LogP contribution is -2.39. The molecule has 1 aliphatic rings. The Hall–Kier alpha value is -1.96. The van der Waals surface area contributed by atoms with Crippen LogP contribution in [-0.4, -0.2) is 59.5 Å². The molecule has 0 aliphatic carbocycles. The fourth-order valence-electron chi connectivity index (χ4n) is 2.41. The molecule has 0 atom stereocenters. The number of aromatic nitrogens is 3. The number of anilines is 3. The van der Waals surface area contributed by atoms with Crippen LogP contribution in [0.3, 0.4) is 0 Å². The molecule has 1 fully saturated rings. The van der Waals surface area contributed by atoms with E-state index in [2.05, 4.69) is 30.7 Å². The lowest BCUT2D eigenvalue weighted by molar-refractivity contribution is 0.0398. The minimum absolute atomic E-state index is 0.506. The molecule has 0 spiro atoms. The van der Waals surface area contributed by atoms with E-state index in [1.54, 1.807) is 6.20 Å². The highest BCUT2D eigenvalue weighted by Gasteiger charge is 2.09. The number of aryl methyl sites for hydroxylation is 1. The highest BCUT2D eigenvalue weighted by Crippen LogP contribution is 2.22. The van der Waals surface area contributed by atoms with Crippen LogP contribution >= 0.6 is 11.6 Å². The standard InChI is InChI=1S/C16H21ClN6O/c1-12-2-3-13(10-14(12)17)20-15-11-19-22-16(21-15)18-4-5-23-6-8-24-9-7-23/h2-3,10-11H,4-9H2,1H3,(H2,18,20,21,22). The van der Waals surface area contributed by atoms with Gasteiger partial charge in [0.15, 0.2) is 5.82 Å². The maximum absolute atomic E-state index is 6.14. The lowest BCUT2D eigenvalue weighted by atomic mass is 10.2. The molecule has 1 aliphatic heterocycles. The fraction of sp³-hybridized carbons (Fsp3) is 0.438. The van der Waals surface area contributed by atoms with Crippen LogP contribution in [0.25, 0.3) is 0 Å². The van der Waals surface area contributed by atoms with Crippen LogP contribution in [0.1, 0.15) is 5.56 Å². The van der Waals surface area contributed by atoms with Crippen LogP contribution < -0.4 is 10.6 Å². The Kier molecular flexibility index (Phi) is 5.79. The number of hydrogen-bond acceptors (Lipinski definition) is 7. The van der Waals surface area contributed by atoms with Gasteiger partial charge in [-0.1, -0.05) is 17.7 Å². The maximum atomic E-state index is 6.14. The second-order valence-corrected chi connectivity index (χ2v) is 6.04. The Morgan fingerprint density at radius 3 is 2.92 bits per heavy atom. The number of halogens is 1. The summed E-state index contributed by atoms with van der Waals surface area (Å²) < 4.78 is 5.34. The van der Waals surface area contributed by atoms with Crippen molar-refractivity contribution in [3.05, 3.63) is 35.0 Å². The van der Waals surface area contributed by atoms with Crippen LogP contribution in [0.2, 0.25) is 5.02 Å². The first-order valence-corrected chi connectivity index (χ1v) is 8.35. The zero-order valence-electron chi connectivity index (χ0n) is 13.6. The van der Waals surface area contributed by atoms with E-state index in [0.29, 0.717) is 16.8 Å². The molecule has 0 amide bonds. The highest BCUT2D eigenvalue weighted by molar-refractivity contribution is 6.31. The largest absolute Gasteiger partial charge is 0.379 e. The summed E-state index contributed by atoms with van der Waals surface area (Å²) in [7, 11) is 0. The number of nitrogens with zero attached hydrogens (tertiary/aromatic N) is 4. The zero-order valence-corrected chi connectivity index (χ0v) is 14.4. The summed E-state index contributed by atoms with van der Waals surface area (Å²) in [4.78, 5) is 6.77. The van der Waals surface area contributed by atoms with Crippen LogP contribution in [0.5, 0.6) is 0 Å². The molecule has 128 valence electrons. The van der Waals surface area contributed by atoms with Gasteiger partial charge in [-0.05, 0) is 24.6 Å². The van der Waals surface area contributed by atoms with Crippen molar-refractivity contribution in [3.8, 4) is 0 Å². The molecule has 2 heterocycles. The summed E-state index contributed by atoms with van der Waals surface area (Å²) in [6.45, 7) is 7.20. The predicted octanol–water partition coefficient (Wildman–Crippen LogP) is 2.32. The molecule has 1 aromatic carbocycles. The van der Waals surface area contributed by atoms with Gasteiger partial charge in [0.2, 0.25) is 5.95 Å². The van der Waals surface area contributed by atoms with Gasteiger partial charge in [-0.15, -0.1) is 5.10 Å². The van der Waals surface area contributed by atoms with Crippen molar-refractivity contribution in [2.45, 2.75) is 6.92 Å². The second kappa shape index (κ2) is 8.23. The third-order valence-corrected chi connectivity index (χ3v) is 4.23. The average Bonchev–Trinajstić information content (AvgIpc) is 2.60. The first-order valence-electron chi connectivity index (χ1n) is 7.97. The third kappa shape index (κ3) is 4.77. The first kappa shape index (κ1) is 16.9. The Labute approximate surface area is 146 Å². The van der Waals surface area contributed by atoms with E-state index in [0.717, 1.165) is 50.6 Å². The molecular formula is C16H21ClN6O. The molecule has 8 heteroatoms. The summed E-state index contributed by atoms with van der Waals surface area (Å²) in [6, 6.07) is 5.78. The van der Waals surface area contributed by atoms with E-state index in [1.807, 2.05) is 25.1 Å². The fourth-order valence-corrected chi connectivity index (χ4v) is 2.59. The molecule has 1 aromatic heterocycles. The van der Waals surface area contributed by atoms with Gasteiger partial charge < -0.3 is 15.4 Å². The molecular weight excluding hydrogens is 328 g/mol. The molecule has 0 radical (unpaired) electrons. The van der Waals surface area contributed by atoms with Gasteiger partial charge in [0.1, 0.15) is 0 Å². The molecule has 7 nitrogen and oxygen atoms in total. The Morgan fingerprint density at radius 2 is 2.12 bits per heavy atom. The van der Waals surface area contributed by atoms with E-state index in [1.165, 1.54) is 0 Å². The van der Waals surface area contributed by atoms with Gasteiger partial charge in [-0.3, -0.25) is 4.90 Å². The van der Waals surface area contributed by atoms with Gasteiger partial charge in [-0.25, -0.2) is 0 Å². The molecule has 3 rings (SSSR count). The molecule has 0 unspecified atom stereocenters. The van der Waals surface area contributed by atoms with E-state index < -0.39 is 0 Å². The summed E-state index contributed by atoms with van der Waals surface area (Å²) in [6.07, 6.45) is 1.58. The van der Waals surface area contributed by atoms with Gasteiger partial charge in [0.05, 0.1) is 19.4 Å². The van der Waals surface area contributed by atoms with Crippen molar-refractivity contribution in [3.63, 3.8) is 0 Å². The quantitative estimate of drug-likeness (QED) is 0.829. The van der Waals surface area contributed by atoms with Crippen molar-refractivity contribution in [2.24, 2.45) is 0 Å². The Balaban J connectivity index is 1.54. The Bertz CT molecular complexity index is 677. The van der Waals surface area contributed by atoms with Crippen molar-refractivity contribution in [1.82, 2.24) is 20.1 Å². The molecule has 0 saturated carbocycles. The smallest absolute Gasteiger partial charge is 0.244 e. The van der Waals surface area contributed by atoms with E-state index in [-0.39, 0.29) is 0 Å². The Morgan fingerprint density at radius 1 is 1.29 bits per heavy atom. The van der Waals surface area contributed by atoms with Crippen LogP contribution in [0.4, 0.5) is 17.5 Å². The molecule has 1 saturated heterocycles. The summed E-state index contributed by atoms with van der Waals surface area (Å²) in [5.41, 5.74) is 1.90. The van der Waals surface area contributed by atoms with Crippen molar-refractivity contribution in [1.29, 1.82) is 0 Å². The molecule has 24 heavy (non-hydrogen) atoms. The maximum Gasteiger partial charge on any atom is 0.244 e. The first-order chi connectivity index (χ1) is 11.7. The molecule has 0 bridgehead atoms. The predicted molar refractivity (Wildman–Crippen MR) is 95.0 cm³/mol. The lowest BCUT2D eigenvalue weighted by Gasteiger charge is -2.26. The number of hydrogen-bond donors (Lipinski definition) is 2. The number of nitrogens with one attached hydrogen (secondary N) is 2. The SMILES string of the molecule is Cc1ccc(Nc2cnnc(NCCN3CCOCC3)n2)cc1Cl. The van der Waals surface area contributed by atoms with E-state index in [9.17, 15) is 0 Å². The van der Waals surface area contributed by atoms with Crippen LogP contribution in [0.15, 0.2) is 24.4 Å². The summed E-state index contributed by atoms with van der Waals surface area (Å²) >= 11 is 6.14.